The van der Waals surface area contributed by atoms with Crippen LogP contribution in [0.15, 0.2) is 36.4 Å². The Morgan fingerprint density at radius 2 is 2.04 bits per heavy atom. The molecule has 0 amide bonds. The second-order valence-electron chi connectivity index (χ2n) is 6.62. The Bertz CT molecular complexity index is 947. The fourth-order valence-corrected chi connectivity index (χ4v) is 3.36. The molecule has 5 nitrogen and oxygen atoms in total. The van der Waals surface area contributed by atoms with E-state index in [0.717, 1.165) is 19.4 Å². The van der Waals surface area contributed by atoms with Crippen molar-refractivity contribution in [2.45, 2.75) is 32.0 Å². The second kappa shape index (κ2) is 6.84. The van der Waals surface area contributed by atoms with Gasteiger partial charge in [0.25, 0.3) is 0 Å². The number of halogens is 3. The highest BCUT2D eigenvalue weighted by Gasteiger charge is 2.39. The number of fused-ring (bicyclic) bond motifs is 1. The van der Waals surface area contributed by atoms with Crippen molar-refractivity contribution in [2.75, 3.05) is 18.5 Å². The lowest BCUT2D eigenvalue weighted by molar-refractivity contribution is -0.140. The Labute approximate surface area is 154 Å². The van der Waals surface area contributed by atoms with Crippen LogP contribution >= 0.6 is 0 Å². The van der Waals surface area contributed by atoms with Gasteiger partial charge in [0, 0.05) is 24.9 Å². The summed E-state index contributed by atoms with van der Waals surface area (Å²) in [5, 5.41) is 7.05. The minimum atomic E-state index is -4.58. The number of alkyl halides is 3. The van der Waals surface area contributed by atoms with Crippen molar-refractivity contribution in [3.8, 4) is 11.1 Å². The van der Waals surface area contributed by atoms with Gasteiger partial charge in [0.2, 0.25) is 0 Å². The van der Waals surface area contributed by atoms with Gasteiger partial charge in [0.15, 0.2) is 11.3 Å². The molecule has 0 spiro atoms. The number of anilines is 1. The molecule has 0 unspecified atom stereocenters. The molecule has 1 fully saturated rings. The van der Waals surface area contributed by atoms with Crippen LogP contribution in [-0.4, -0.2) is 33.9 Å². The number of hydrogen-bond acceptors (Lipinski definition) is 4. The van der Waals surface area contributed by atoms with Gasteiger partial charge < -0.3 is 10.1 Å². The van der Waals surface area contributed by atoms with E-state index in [0.29, 0.717) is 23.6 Å². The van der Waals surface area contributed by atoms with Crippen molar-refractivity contribution >= 4 is 11.5 Å². The summed E-state index contributed by atoms with van der Waals surface area (Å²) in [4.78, 5) is 4.36. The third-order valence-electron chi connectivity index (χ3n) is 4.58. The molecule has 3 aromatic rings. The fraction of sp³-hybridized carbons (Fsp3) is 0.368. The zero-order valence-corrected chi connectivity index (χ0v) is 14.8. The number of aromatic nitrogens is 3. The van der Waals surface area contributed by atoms with Crippen LogP contribution in [0.2, 0.25) is 0 Å². The predicted molar refractivity (Wildman–Crippen MR) is 95.6 cm³/mol. The first-order chi connectivity index (χ1) is 12.9. The quantitative estimate of drug-likeness (QED) is 0.737. The van der Waals surface area contributed by atoms with Crippen molar-refractivity contribution in [1.29, 1.82) is 0 Å². The summed E-state index contributed by atoms with van der Waals surface area (Å²) >= 11 is 0. The van der Waals surface area contributed by atoms with Crippen LogP contribution in [0, 0.1) is 6.92 Å². The maximum atomic E-state index is 13.7. The standard InChI is InChI=1S/C19H19F3N4O/c1-12-10-15(23-11-14-8-5-9-27-14)26-18(24-12)16(13-6-3-2-4-7-13)17(25-26)19(20,21)22/h2-4,6-7,10,14,23H,5,8-9,11H2,1H3/t14-/m0/s1. The van der Waals surface area contributed by atoms with Crippen LogP contribution < -0.4 is 5.32 Å². The summed E-state index contributed by atoms with van der Waals surface area (Å²) in [7, 11) is 0. The maximum absolute atomic E-state index is 13.7. The zero-order chi connectivity index (χ0) is 19.0. The molecule has 27 heavy (non-hydrogen) atoms. The lowest BCUT2D eigenvalue weighted by Gasteiger charge is -2.13. The molecule has 4 rings (SSSR count). The Hall–Kier alpha value is -2.61. The van der Waals surface area contributed by atoms with Crippen molar-refractivity contribution in [3.05, 3.63) is 47.8 Å². The number of ether oxygens (including phenoxy) is 1. The molecule has 0 bridgehead atoms. The molecule has 0 aliphatic carbocycles. The van der Waals surface area contributed by atoms with Crippen molar-refractivity contribution in [2.24, 2.45) is 0 Å². The summed E-state index contributed by atoms with van der Waals surface area (Å²) in [5.41, 5.74) is 0.286. The van der Waals surface area contributed by atoms with Crippen LogP contribution in [0.25, 0.3) is 16.8 Å². The number of nitrogens with zero attached hydrogens (tertiary/aromatic N) is 3. The zero-order valence-electron chi connectivity index (χ0n) is 14.8. The van der Waals surface area contributed by atoms with Crippen molar-refractivity contribution in [1.82, 2.24) is 14.6 Å². The maximum Gasteiger partial charge on any atom is 0.435 e. The van der Waals surface area contributed by atoms with Crippen LogP contribution in [-0.2, 0) is 10.9 Å². The first-order valence-corrected chi connectivity index (χ1v) is 8.82. The molecule has 1 aliphatic rings. The number of benzene rings is 1. The fourth-order valence-electron chi connectivity index (χ4n) is 3.36. The van der Waals surface area contributed by atoms with E-state index in [1.54, 1.807) is 43.3 Å². The van der Waals surface area contributed by atoms with E-state index in [1.165, 1.54) is 4.52 Å². The topological polar surface area (TPSA) is 51.5 Å². The van der Waals surface area contributed by atoms with Gasteiger partial charge in [-0.05, 0) is 25.3 Å². The molecule has 0 saturated carbocycles. The normalized spacial score (nSPS) is 17.6. The summed E-state index contributed by atoms with van der Waals surface area (Å²) < 4.78 is 47.9. The van der Waals surface area contributed by atoms with E-state index >= 15 is 0 Å². The SMILES string of the molecule is Cc1cc(NC[C@@H]2CCCO2)n2nc(C(F)(F)F)c(-c3ccccc3)c2n1. The predicted octanol–water partition coefficient (Wildman–Crippen LogP) is 4.31. The van der Waals surface area contributed by atoms with E-state index in [1.807, 2.05) is 0 Å². The molecule has 1 atom stereocenters. The van der Waals surface area contributed by atoms with Crippen molar-refractivity contribution < 1.29 is 17.9 Å². The van der Waals surface area contributed by atoms with Gasteiger partial charge in [0.05, 0.1) is 11.7 Å². The Morgan fingerprint density at radius 3 is 2.70 bits per heavy atom. The molecule has 1 aromatic carbocycles. The Balaban J connectivity index is 1.85. The molecule has 0 radical (unpaired) electrons. The van der Waals surface area contributed by atoms with Gasteiger partial charge >= 0.3 is 6.18 Å². The first kappa shape index (κ1) is 17.8. The second-order valence-corrected chi connectivity index (χ2v) is 6.62. The lowest BCUT2D eigenvalue weighted by atomic mass is 10.1. The lowest BCUT2D eigenvalue weighted by Crippen LogP contribution is -2.20. The van der Waals surface area contributed by atoms with Crippen LogP contribution in [0.4, 0.5) is 19.0 Å². The number of hydrogen-bond donors (Lipinski definition) is 1. The van der Waals surface area contributed by atoms with Crippen LogP contribution in [0.3, 0.4) is 0 Å². The average molecular weight is 376 g/mol. The van der Waals surface area contributed by atoms with Gasteiger partial charge in [-0.25, -0.2) is 4.98 Å². The molecule has 142 valence electrons. The highest BCUT2D eigenvalue weighted by atomic mass is 19.4. The largest absolute Gasteiger partial charge is 0.435 e. The molecular formula is C19H19F3N4O. The average Bonchev–Trinajstić information content (AvgIpc) is 3.27. The molecule has 8 heteroatoms. The van der Waals surface area contributed by atoms with Gasteiger partial charge in [-0.15, -0.1) is 0 Å². The van der Waals surface area contributed by atoms with Gasteiger partial charge in [0.1, 0.15) is 5.82 Å². The summed E-state index contributed by atoms with van der Waals surface area (Å²) in [6, 6.07) is 10.1. The minimum absolute atomic E-state index is 0.00744. The van der Waals surface area contributed by atoms with E-state index in [-0.39, 0.29) is 17.3 Å². The van der Waals surface area contributed by atoms with Gasteiger partial charge in [-0.1, -0.05) is 30.3 Å². The third kappa shape index (κ3) is 3.49. The first-order valence-electron chi connectivity index (χ1n) is 8.82. The van der Waals surface area contributed by atoms with Crippen LogP contribution in [0.1, 0.15) is 24.2 Å². The van der Waals surface area contributed by atoms with E-state index < -0.39 is 11.9 Å². The van der Waals surface area contributed by atoms with E-state index in [2.05, 4.69) is 15.4 Å². The number of nitrogens with one attached hydrogen (secondary N) is 1. The molecule has 1 aliphatic heterocycles. The highest BCUT2D eigenvalue weighted by molar-refractivity contribution is 5.81. The third-order valence-corrected chi connectivity index (χ3v) is 4.58. The molecule has 1 N–H and O–H groups in total. The molecule has 3 heterocycles. The van der Waals surface area contributed by atoms with E-state index in [9.17, 15) is 13.2 Å². The van der Waals surface area contributed by atoms with Crippen molar-refractivity contribution in [3.63, 3.8) is 0 Å². The molecule has 2 aromatic heterocycles. The molecular weight excluding hydrogens is 357 g/mol. The summed E-state index contributed by atoms with van der Waals surface area (Å²) in [6.07, 6.45) is -2.60. The Morgan fingerprint density at radius 1 is 1.26 bits per heavy atom. The van der Waals surface area contributed by atoms with Crippen LogP contribution in [0.5, 0.6) is 0 Å². The van der Waals surface area contributed by atoms with Gasteiger partial charge in [-0.3, -0.25) is 0 Å². The Kier molecular flexibility index (Phi) is 4.51. The number of rotatable bonds is 4. The van der Waals surface area contributed by atoms with Gasteiger partial charge in [-0.2, -0.15) is 22.8 Å². The van der Waals surface area contributed by atoms with E-state index in [4.69, 9.17) is 4.74 Å². The smallest absolute Gasteiger partial charge is 0.376 e. The summed E-state index contributed by atoms with van der Waals surface area (Å²) in [5.74, 6) is 0.473. The highest BCUT2D eigenvalue weighted by Crippen LogP contribution is 2.39. The monoisotopic (exact) mass is 376 g/mol. The number of aryl methyl sites for hydroxylation is 1. The summed E-state index contributed by atoms with van der Waals surface area (Å²) in [6.45, 7) is 2.99. The minimum Gasteiger partial charge on any atom is -0.376 e. The molecule has 1 saturated heterocycles.